The van der Waals surface area contributed by atoms with Crippen LogP contribution >= 0.6 is 0 Å². The van der Waals surface area contributed by atoms with Crippen LogP contribution in [0.1, 0.15) is 20.3 Å². The molecule has 1 atom stereocenters. The summed E-state index contributed by atoms with van der Waals surface area (Å²) in [6.45, 7) is 3.79. The van der Waals surface area contributed by atoms with Crippen molar-refractivity contribution in [3.8, 4) is 5.69 Å². The molecule has 0 aliphatic carbocycles. The van der Waals surface area contributed by atoms with Crippen molar-refractivity contribution in [1.29, 1.82) is 0 Å². The summed E-state index contributed by atoms with van der Waals surface area (Å²) in [7, 11) is 0. The number of rotatable bonds is 6. The molecule has 2 rings (SSSR count). The van der Waals surface area contributed by atoms with Gasteiger partial charge in [0.25, 0.3) is 0 Å². The fraction of sp³-hybridized carbons (Fsp3) is 0.429. The number of amides is 2. The molecular formula is C14H19FN6O2. The molecule has 0 saturated heterocycles. The SMILES string of the molecule is CC(C)C[C@H](CO)NC(=O)Nc1cc(-n2cnnn2)ccc1F. The van der Waals surface area contributed by atoms with Gasteiger partial charge in [-0.05, 0) is 41.0 Å². The first-order valence-electron chi connectivity index (χ1n) is 7.21. The topological polar surface area (TPSA) is 105 Å². The van der Waals surface area contributed by atoms with Crippen LogP contribution in [0.4, 0.5) is 14.9 Å². The Balaban J connectivity index is 2.07. The highest BCUT2D eigenvalue weighted by molar-refractivity contribution is 5.89. The summed E-state index contributed by atoms with van der Waals surface area (Å²) in [5.74, 6) is -0.270. The molecule has 0 fully saturated rings. The first-order valence-corrected chi connectivity index (χ1v) is 7.21. The number of urea groups is 1. The maximum absolute atomic E-state index is 13.8. The molecular weight excluding hydrogens is 303 g/mol. The first kappa shape index (κ1) is 16.8. The minimum Gasteiger partial charge on any atom is -0.394 e. The predicted octanol–water partition coefficient (Wildman–Crippen LogP) is 1.33. The summed E-state index contributed by atoms with van der Waals surface area (Å²) in [6, 6.07) is 3.15. The third kappa shape index (κ3) is 4.71. The van der Waals surface area contributed by atoms with Crippen LogP contribution in [0.15, 0.2) is 24.5 Å². The van der Waals surface area contributed by atoms with Crippen molar-refractivity contribution < 1.29 is 14.3 Å². The number of carbonyl (C=O) groups is 1. The highest BCUT2D eigenvalue weighted by Gasteiger charge is 2.15. The lowest BCUT2D eigenvalue weighted by molar-refractivity contribution is 0.214. The molecule has 0 saturated carbocycles. The molecule has 124 valence electrons. The average molecular weight is 322 g/mol. The number of aliphatic hydroxyl groups excluding tert-OH is 1. The largest absolute Gasteiger partial charge is 0.394 e. The number of aromatic nitrogens is 4. The molecule has 0 aliphatic heterocycles. The van der Waals surface area contributed by atoms with E-state index in [-0.39, 0.29) is 18.3 Å². The van der Waals surface area contributed by atoms with Gasteiger partial charge in [-0.15, -0.1) is 5.10 Å². The lowest BCUT2D eigenvalue weighted by atomic mass is 10.0. The van der Waals surface area contributed by atoms with Gasteiger partial charge in [-0.3, -0.25) is 0 Å². The zero-order chi connectivity index (χ0) is 16.8. The number of anilines is 1. The maximum Gasteiger partial charge on any atom is 0.319 e. The number of nitrogens with one attached hydrogen (secondary N) is 2. The van der Waals surface area contributed by atoms with E-state index in [1.165, 1.54) is 29.2 Å². The normalized spacial score (nSPS) is 12.2. The Bertz CT molecular complexity index is 647. The van der Waals surface area contributed by atoms with Crippen LogP contribution in [-0.2, 0) is 0 Å². The Morgan fingerprint density at radius 2 is 2.22 bits per heavy atom. The summed E-state index contributed by atoms with van der Waals surface area (Å²) in [6.07, 6.45) is 1.98. The number of benzene rings is 1. The number of nitrogens with zero attached hydrogens (tertiary/aromatic N) is 4. The van der Waals surface area contributed by atoms with Crippen molar-refractivity contribution >= 4 is 11.7 Å². The van der Waals surface area contributed by atoms with Gasteiger partial charge in [0.2, 0.25) is 0 Å². The Hall–Kier alpha value is -2.55. The summed E-state index contributed by atoms with van der Waals surface area (Å²) in [5, 5.41) is 25.0. The lowest BCUT2D eigenvalue weighted by Gasteiger charge is -2.18. The standard InChI is InChI=1S/C14H19FN6O2/c1-9(2)5-10(7-22)17-14(23)18-13-6-11(3-4-12(13)15)21-8-16-19-20-21/h3-4,6,8-10,22H,5,7H2,1-2H3,(H2,17,18,23)/t10-/m1/s1. The van der Waals surface area contributed by atoms with Gasteiger partial charge in [-0.2, -0.15) is 0 Å². The van der Waals surface area contributed by atoms with E-state index in [0.29, 0.717) is 18.0 Å². The van der Waals surface area contributed by atoms with Crippen LogP contribution in [0.3, 0.4) is 0 Å². The van der Waals surface area contributed by atoms with Crippen LogP contribution < -0.4 is 10.6 Å². The summed E-state index contributed by atoms with van der Waals surface area (Å²) < 4.78 is 15.2. The van der Waals surface area contributed by atoms with Gasteiger partial charge >= 0.3 is 6.03 Å². The van der Waals surface area contributed by atoms with Crippen LogP contribution in [0.25, 0.3) is 5.69 Å². The molecule has 0 unspecified atom stereocenters. The van der Waals surface area contributed by atoms with Gasteiger partial charge in [-0.25, -0.2) is 13.9 Å². The molecule has 9 heteroatoms. The zero-order valence-corrected chi connectivity index (χ0v) is 12.9. The highest BCUT2D eigenvalue weighted by atomic mass is 19.1. The van der Waals surface area contributed by atoms with E-state index < -0.39 is 11.8 Å². The van der Waals surface area contributed by atoms with E-state index in [1.807, 2.05) is 13.8 Å². The number of aliphatic hydroxyl groups is 1. The average Bonchev–Trinajstić information content (AvgIpc) is 3.02. The van der Waals surface area contributed by atoms with E-state index in [4.69, 9.17) is 0 Å². The van der Waals surface area contributed by atoms with Gasteiger partial charge in [0.05, 0.1) is 24.0 Å². The second-order valence-electron chi connectivity index (χ2n) is 5.53. The minimum atomic E-state index is -0.586. The molecule has 0 spiro atoms. The van der Waals surface area contributed by atoms with E-state index >= 15 is 0 Å². The molecule has 23 heavy (non-hydrogen) atoms. The quantitative estimate of drug-likeness (QED) is 0.744. The van der Waals surface area contributed by atoms with Crippen molar-refractivity contribution in [2.45, 2.75) is 26.3 Å². The van der Waals surface area contributed by atoms with Crippen LogP contribution in [0.5, 0.6) is 0 Å². The number of hydrogen-bond acceptors (Lipinski definition) is 5. The molecule has 2 aromatic rings. The zero-order valence-electron chi connectivity index (χ0n) is 12.9. The van der Waals surface area contributed by atoms with Gasteiger partial charge < -0.3 is 15.7 Å². The van der Waals surface area contributed by atoms with Gasteiger partial charge in [0.15, 0.2) is 0 Å². The minimum absolute atomic E-state index is 0.00302. The maximum atomic E-state index is 13.8. The third-order valence-electron chi connectivity index (χ3n) is 3.12. The molecule has 1 heterocycles. The van der Waals surface area contributed by atoms with E-state index in [0.717, 1.165) is 0 Å². The fourth-order valence-corrected chi connectivity index (χ4v) is 2.12. The molecule has 3 N–H and O–H groups in total. The second-order valence-corrected chi connectivity index (χ2v) is 5.53. The Morgan fingerprint density at radius 1 is 1.43 bits per heavy atom. The predicted molar refractivity (Wildman–Crippen MR) is 81.6 cm³/mol. The van der Waals surface area contributed by atoms with Gasteiger partial charge in [0, 0.05) is 0 Å². The first-order chi connectivity index (χ1) is 11.0. The van der Waals surface area contributed by atoms with Crippen LogP contribution in [0.2, 0.25) is 0 Å². The molecule has 1 aromatic carbocycles. The lowest BCUT2D eigenvalue weighted by Crippen LogP contribution is -2.41. The molecule has 1 aromatic heterocycles. The van der Waals surface area contributed by atoms with Crippen molar-refractivity contribution in [2.75, 3.05) is 11.9 Å². The number of halogens is 1. The number of hydrogen-bond donors (Lipinski definition) is 3. The summed E-state index contributed by atoms with van der Waals surface area (Å²) in [4.78, 5) is 12.0. The van der Waals surface area contributed by atoms with Crippen LogP contribution in [-0.4, -0.2) is 44.0 Å². The fourth-order valence-electron chi connectivity index (χ4n) is 2.12. The van der Waals surface area contributed by atoms with Crippen molar-refractivity contribution in [3.05, 3.63) is 30.3 Å². The monoisotopic (exact) mass is 322 g/mol. The molecule has 2 amide bonds. The summed E-state index contributed by atoms with van der Waals surface area (Å²) in [5.41, 5.74) is 0.504. The third-order valence-corrected chi connectivity index (χ3v) is 3.12. The number of tetrazole rings is 1. The molecule has 0 bridgehead atoms. The van der Waals surface area contributed by atoms with Gasteiger partial charge in [0.1, 0.15) is 12.1 Å². The van der Waals surface area contributed by atoms with Crippen LogP contribution in [0, 0.1) is 11.7 Å². The Kier molecular flexibility index (Phi) is 5.58. The van der Waals surface area contributed by atoms with Crippen molar-refractivity contribution in [2.24, 2.45) is 5.92 Å². The van der Waals surface area contributed by atoms with E-state index in [2.05, 4.69) is 26.2 Å². The Morgan fingerprint density at radius 3 is 2.83 bits per heavy atom. The Labute approximate surface area is 132 Å². The smallest absolute Gasteiger partial charge is 0.319 e. The number of carbonyl (C=O) groups excluding carboxylic acids is 1. The molecule has 8 nitrogen and oxygen atoms in total. The van der Waals surface area contributed by atoms with Crippen molar-refractivity contribution in [1.82, 2.24) is 25.5 Å². The summed E-state index contributed by atoms with van der Waals surface area (Å²) >= 11 is 0. The van der Waals surface area contributed by atoms with E-state index in [9.17, 15) is 14.3 Å². The highest BCUT2D eigenvalue weighted by Crippen LogP contribution is 2.18. The second kappa shape index (κ2) is 7.63. The van der Waals surface area contributed by atoms with E-state index in [1.54, 1.807) is 0 Å². The molecule has 0 radical (unpaired) electrons. The van der Waals surface area contributed by atoms with Crippen molar-refractivity contribution in [3.63, 3.8) is 0 Å². The molecule has 0 aliphatic rings. The van der Waals surface area contributed by atoms with Gasteiger partial charge in [-0.1, -0.05) is 13.8 Å².